The summed E-state index contributed by atoms with van der Waals surface area (Å²) in [4.78, 5) is 0. The topological polar surface area (TPSA) is 21.3 Å². The third kappa shape index (κ3) is 5.25. The predicted molar refractivity (Wildman–Crippen MR) is 108 cm³/mol. The zero-order valence-corrected chi connectivity index (χ0v) is 16.3. The van der Waals surface area contributed by atoms with E-state index in [0.29, 0.717) is 17.4 Å². The molecule has 128 valence electrons. The van der Waals surface area contributed by atoms with Crippen molar-refractivity contribution in [2.24, 2.45) is 0 Å². The summed E-state index contributed by atoms with van der Waals surface area (Å²) in [5.74, 6) is 0.698. The Kier molecular flexibility index (Phi) is 6.00. The zero-order chi connectivity index (χ0) is 17.6. The van der Waals surface area contributed by atoms with Crippen molar-refractivity contribution in [3.05, 3.63) is 92.9 Å². The van der Waals surface area contributed by atoms with Gasteiger partial charge in [-0.25, -0.2) is 0 Å². The first kappa shape index (κ1) is 17.8. The molecule has 0 aliphatic carbocycles. The minimum Gasteiger partial charge on any atom is -0.487 e. The van der Waals surface area contributed by atoms with Crippen molar-refractivity contribution in [2.45, 2.75) is 20.1 Å². The van der Waals surface area contributed by atoms with Crippen molar-refractivity contribution < 1.29 is 4.74 Å². The van der Waals surface area contributed by atoms with Crippen LogP contribution in [0.2, 0.25) is 5.02 Å². The normalized spacial score (nSPS) is 10.5. The number of ether oxygens (including phenoxy) is 1. The van der Waals surface area contributed by atoms with Gasteiger partial charge in [0.15, 0.2) is 0 Å². The van der Waals surface area contributed by atoms with Gasteiger partial charge in [-0.15, -0.1) is 0 Å². The number of halogens is 2. The van der Waals surface area contributed by atoms with Gasteiger partial charge in [0.25, 0.3) is 0 Å². The zero-order valence-electron chi connectivity index (χ0n) is 13.9. The molecule has 3 aromatic carbocycles. The van der Waals surface area contributed by atoms with Crippen LogP contribution in [0.4, 0.5) is 5.69 Å². The molecule has 0 unspecified atom stereocenters. The molecule has 25 heavy (non-hydrogen) atoms. The van der Waals surface area contributed by atoms with Crippen molar-refractivity contribution >= 4 is 33.2 Å². The molecule has 0 spiro atoms. The molecule has 0 aliphatic rings. The third-order valence-corrected chi connectivity index (χ3v) is 4.64. The number of rotatable bonds is 6. The number of benzene rings is 3. The first-order chi connectivity index (χ1) is 12.1. The molecular weight excluding hydrogens is 398 g/mol. The van der Waals surface area contributed by atoms with E-state index < -0.39 is 0 Å². The van der Waals surface area contributed by atoms with E-state index in [4.69, 9.17) is 16.3 Å². The molecule has 0 atom stereocenters. The summed E-state index contributed by atoms with van der Waals surface area (Å²) in [6.07, 6.45) is 0. The Morgan fingerprint density at radius 1 is 0.960 bits per heavy atom. The van der Waals surface area contributed by atoms with Crippen LogP contribution in [0.1, 0.15) is 16.7 Å². The van der Waals surface area contributed by atoms with Crippen molar-refractivity contribution in [2.75, 3.05) is 5.32 Å². The van der Waals surface area contributed by atoms with Gasteiger partial charge in [0.2, 0.25) is 0 Å². The maximum Gasteiger partial charge on any atom is 0.138 e. The van der Waals surface area contributed by atoms with E-state index in [1.807, 2.05) is 48.5 Å². The van der Waals surface area contributed by atoms with E-state index in [9.17, 15) is 0 Å². The first-order valence-electron chi connectivity index (χ1n) is 8.06. The van der Waals surface area contributed by atoms with Crippen LogP contribution in [0.5, 0.6) is 5.75 Å². The number of nitrogens with one attached hydrogen (secondary N) is 1. The highest BCUT2D eigenvalue weighted by Crippen LogP contribution is 2.27. The fourth-order valence-corrected chi connectivity index (χ4v) is 2.99. The molecule has 0 fully saturated rings. The minimum atomic E-state index is 0.494. The molecule has 0 aromatic heterocycles. The van der Waals surface area contributed by atoms with Crippen LogP contribution < -0.4 is 10.1 Å². The summed E-state index contributed by atoms with van der Waals surface area (Å²) in [7, 11) is 0. The quantitative estimate of drug-likeness (QED) is 0.488. The summed E-state index contributed by atoms with van der Waals surface area (Å²) in [5.41, 5.74) is 4.55. The van der Waals surface area contributed by atoms with Gasteiger partial charge < -0.3 is 10.1 Å². The predicted octanol–water partition coefficient (Wildman–Crippen LogP) is 6.60. The average molecular weight is 417 g/mol. The molecule has 2 nitrogen and oxygen atoms in total. The lowest BCUT2D eigenvalue weighted by atomic mass is 10.2. The van der Waals surface area contributed by atoms with Gasteiger partial charge in [0.1, 0.15) is 12.4 Å². The van der Waals surface area contributed by atoms with Crippen molar-refractivity contribution in [1.29, 1.82) is 0 Å². The summed E-state index contributed by atoms with van der Waals surface area (Å²) in [6.45, 7) is 3.30. The summed E-state index contributed by atoms with van der Waals surface area (Å²) in [5, 5.41) is 4.03. The Hall–Kier alpha value is -1.97. The van der Waals surface area contributed by atoms with Crippen LogP contribution in [0.3, 0.4) is 0 Å². The Balaban J connectivity index is 1.59. The summed E-state index contributed by atoms with van der Waals surface area (Å²) >= 11 is 9.80. The van der Waals surface area contributed by atoms with E-state index in [0.717, 1.165) is 27.8 Å². The molecule has 0 saturated carbocycles. The number of hydrogen-bond donors (Lipinski definition) is 1. The van der Waals surface area contributed by atoms with Gasteiger partial charge in [-0.05, 0) is 60.0 Å². The number of anilines is 1. The molecule has 4 heteroatoms. The van der Waals surface area contributed by atoms with Gasteiger partial charge in [-0.1, -0.05) is 57.9 Å². The molecular formula is C21H19BrClNO. The van der Waals surface area contributed by atoms with Gasteiger partial charge >= 0.3 is 0 Å². The van der Waals surface area contributed by atoms with Crippen molar-refractivity contribution in [3.8, 4) is 5.75 Å². The number of hydrogen-bond acceptors (Lipinski definition) is 2. The van der Waals surface area contributed by atoms with Crippen molar-refractivity contribution in [3.63, 3.8) is 0 Å². The molecule has 0 bridgehead atoms. The van der Waals surface area contributed by atoms with Crippen LogP contribution in [-0.2, 0) is 13.2 Å². The molecule has 1 N–H and O–H groups in total. The maximum atomic E-state index is 6.37. The van der Waals surface area contributed by atoms with E-state index in [2.05, 4.69) is 46.4 Å². The van der Waals surface area contributed by atoms with Crippen molar-refractivity contribution in [1.82, 2.24) is 0 Å². The monoisotopic (exact) mass is 415 g/mol. The van der Waals surface area contributed by atoms with Crippen LogP contribution >= 0.6 is 27.5 Å². The highest BCUT2D eigenvalue weighted by atomic mass is 79.9. The molecule has 0 aliphatic heterocycles. The van der Waals surface area contributed by atoms with Crippen LogP contribution in [-0.4, -0.2) is 0 Å². The molecule has 0 amide bonds. The minimum absolute atomic E-state index is 0.494. The summed E-state index contributed by atoms with van der Waals surface area (Å²) in [6, 6.07) is 22.3. The van der Waals surface area contributed by atoms with Gasteiger partial charge in [0.05, 0.1) is 5.02 Å². The largest absolute Gasteiger partial charge is 0.487 e. The van der Waals surface area contributed by atoms with Gasteiger partial charge in [-0.3, -0.25) is 0 Å². The van der Waals surface area contributed by atoms with Crippen LogP contribution in [0, 0.1) is 6.92 Å². The maximum absolute atomic E-state index is 6.37. The molecule has 3 aromatic rings. The second kappa shape index (κ2) is 8.41. The van der Waals surface area contributed by atoms with Gasteiger partial charge in [-0.2, -0.15) is 0 Å². The third-order valence-electron chi connectivity index (χ3n) is 3.82. The van der Waals surface area contributed by atoms with E-state index >= 15 is 0 Å². The Morgan fingerprint density at radius 3 is 2.44 bits per heavy atom. The molecule has 0 heterocycles. The SMILES string of the molecule is Cc1cccc(NCc2ccc(OCc3ccc(Br)cc3)c(Cl)c2)c1. The van der Waals surface area contributed by atoms with E-state index in [-0.39, 0.29) is 0 Å². The van der Waals surface area contributed by atoms with Crippen LogP contribution in [0.25, 0.3) is 0 Å². The highest BCUT2D eigenvalue weighted by molar-refractivity contribution is 9.10. The Morgan fingerprint density at radius 2 is 1.72 bits per heavy atom. The van der Waals surface area contributed by atoms with Crippen LogP contribution in [0.15, 0.2) is 71.2 Å². The van der Waals surface area contributed by atoms with E-state index in [1.54, 1.807) is 0 Å². The standard InChI is InChI=1S/C21H19BrClNO/c1-15-3-2-4-19(11-15)24-13-17-7-10-21(20(23)12-17)25-14-16-5-8-18(22)9-6-16/h2-12,24H,13-14H2,1H3. The first-order valence-corrected chi connectivity index (χ1v) is 9.23. The molecule has 0 saturated heterocycles. The lowest BCUT2D eigenvalue weighted by Gasteiger charge is -2.11. The smallest absolute Gasteiger partial charge is 0.138 e. The lowest BCUT2D eigenvalue weighted by Crippen LogP contribution is -2.00. The lowest BCUT2D eigenvalue weighted by molar-refractivity contribution is 0.306. The molecule has 3 rings (SSSR count). The second-order valence-corrected chi connectivity index (χ2v) is 7.23. The fraction of sp³-hybridized carbons (Fsp3) is 0.143. The number of aryl methyl sites for hydroxylation is 1. The molecule has 0 radical (unpaired) electrons. The average Bonchev–Trinajstić information content (AvgIpc) is 2.61. The summed E-state index contributed by atoms with van der Waals surface area (Å²) < 4.78 is 6.88. The van der Waals surface area contributed by atoms with E-state index in [1.165, 1.54) is 5.56 Å². The van der Waals surface area contributed by atoms with Gasteiger partial charge in [0, 0.05) is 16.7 Å². The Bertz CT molecular complexity index is 849. The second-order valence-electron chi connectivity index (χ2n) is 5.90. The fourth-order valence-electron chi connectivity index (χ4n) is 2.47. The highest BCUT2D eigenvalue weighted by Gasteiger charge is 2.04. The Labute approximate surface area is 161 Å².